The van der Waals surface area contributed by atoms with Crippen LogP contribution >= 0.6 is 0 Å². The van der Waals surface area contributed by atoms with Crippen molar-refractivity contribution in [1.29, 1.82) is 0 Å². The third-order valence-corrected chi connectivity index (χ3v) is 3.72. The van der Waals surface area contributed by atoms with Crippen molar-refractivity contribution in [3.8, 4) is 0 Å². The van der Waals surface area contributed by atoms with Gasteiger partial charge in [0.25, 0.3) is 11.4 Å². The molecule has 0 aliphatic rings. The zero-order chi connectivity index (χ0) is 20.6. The first-order valence-corrected chi connectivity index (χ1v) is 8.71. The Hall–Kier alpha value is -2.75. The van der Waals surface area contributed by atoms with Gasteiger partial charge in [-0.05, 0) is 59.7 Å². The molecule has 10 nitrogen and oxygen atoms in total. The SMILES string of the molecule is CNCCCC[C@@H](Nc1c([N+](=O)[O-])cccc1[N+](=O)[O-])C(=O)NC(C)(C)C. The van der Waals surface area contributed by atoms with Gasteiger partial charge in [-0.3, -0.25) is 25.0 Å². The van der Waals surface area contributed by atoms with Crippen molar-refractivity contribution in [3.05, 3.63) is 38.4 Å². The molecular weight excluding hydrogens is 354 g/mol. The number of hydrogen-bond donors (Lipinski definition) is 3. The minimum absolute atomic E-state index is 0.254. The minimum atomic E-state index is -0.833. The Bertz CT molecular complexity index is 655. The quantitative estimate of drug-likeness (QED) is 0.321. The molecule has 1 atom stereocenters. The molecule has 3 N–H and O–H groups in total. The van der Waals surface area contributed by atoms with Crippen molar-refractivity contribution < 1.29 is 14.6 Å². The second-order valence-electron chi connectivity index (χ2n) is 7.22. The van der Waals surface area contributed by atoms with Crippen LogP contribution in [0.25, 0.3) is 0 Å². The molecule has 10 heteroatoms. The molecule has 0 aliphatic carbocycles. The number of nitro benzene ring substituents is 2. The van der Waals surface area contributed by atoms with Crippen molar-refractivity contribution in [1.82, 2.24) is 10.6 Å². The molecule has 0 aliphatic heterocycles. The molecule has 27 heavy (non-hydrogen) atoms. The predicted molar refractivity (Wildman–Crippen MR) is 103 cm³/mol. The maximum Gasteiger partial charge on any atom is 0.299 e. The first-order chi connectivity index (χ1) is 12.6. The fraction of sp³-hybridized carbons (Fsp3) is 0.588. The molecule has 1 aromatic rings. The Morgan fingerprint density at radius 1 is 1.11 bits per heavy atom. The van der Waals surface area contributed by atoms with Gasteiger partial charge in [-0.25, -0.2) is 0 Å². The number of anilines is 1. The van der Waals surface area contributed by atoms with E-state index < -0.39 is 32.8 Å². The standard InChI is InChI=1S/C17H27N5O5/c1-17(2,3)20-16(23)12(8-5-6-11-18-4)19-15-13(21(24)25)9-7-10-14(15)22(26)27/h7,9-10,12,18-19H,5-6,8,11H2,1-4H3,(H,20,23)/t12-/m1/s1. The van der Waals surface area contributed by atoms with E-state index in [2.05, 4.69) is 16.0 Å². The maximum atomic E-state index is 12.7. The van der Waals surface area contributed by atoms with Gasteiger partial charge in [-0.15, -0.1) is 0 Å². The largest absolute Gasteiger partial charge is 0.362 e. The Balaban J connectivity index is 3.18. The fourth-order valence-corrected chi connectivity index (χ4v) is 2.53. The third-order valence-electron chi connectivity index (χ3n) is 3.72. The van der Waals surface area contributed by atoms with Gasteiger partial charge >= 0.3 is 0 Å². The van der Waals surface area contributed by atoms with Gasteiger partial charge in [0, 0.05) is 17.7 Å². The number of unbranched alkanes of at least 4 members (excludes halogenated alkanes) is 1. The monoisotopic (exact) mass is 381 g/mol. The molecule has 0 radical (unpaired) electrons. The van der Waals surface area contributed by atoms with Gasteiger partial charge in [0.05, 0.1) is 9.85 Å². The summed E-state index contributed by atoms with van der Waals surface area (Å²) in [5.74, 6) is -0.362. The molecule has 0 heterocycles. The lowest BCUT2D eigenvalue weighted by Gasteiger charge is -2.26. The number of carbonyl (C=O) groups is 1. The highest BCUT2D eigenvalue weighted by Crippen LogP contribution is 2.34. The molecule has 0 saturated heterocycles. The summed E-state index contributed by atoms with van der Waals surface area (Å²) < 4.78 is 0. The summed E-state index contributed by atoms with van der Waals surface area (Å²) in [7, 11) is 1.82. The summed E-state index contributed by atoms with van der Waals surface area (Å²) >= 11 is 0. The summed E-state index contributed by atoms with van der Waals surface area (Å²) in [4.78, 5) is 33.9. The van der Waals surface area contributed by atoms with Crippen LogP contribution in [0, 0.1) is 20.2 Å². The van der Waals surface area contributed by atoms with Crippen LogP contribution < -0.4 is 16.0 Å². The lowest BCUT2D eigenvalue weighted by atomic mass is 10.0. The number of nitrogens with zero attached hydrogens (tertiary/aromatic N) is 2. The van der Waals surface area contributed by atoms with Crippen molar-refractivity contribution in [2.24, 2.45) is 0 Å². The second kappa shape index (κ2) is 9.81. The normalized spacial score (nSPS) is 12.3. The molecular formula is C17H27N5O5. The summed E-state index contributed by atoms with van der Waals surface area (Å²) in [6.07, 6.45) is 1.85. The number of nitro groups is 2. The van der Waals surface area contributed by atoms with Crippen molar-refractivity contribution >= 4 is 23.0 Å². The molecule has 1 rings (SSSR count). The maximum absolute atomic E-state index is 12.7. The topological polar surface area (TPSA) is 139 Å². The number of amides is 1. The summed E-state index contributed by atoms with van der Waals surface area (Å²) in [6.45, 7) is 6.21. The Morgan fingerprint density at radius 2 is 1.67 bits per heavy atom. The minimum Gasteiger partial charge on any atom is -0.362 e. The number of hydrogen-bond acceptors (Lipinski definition) is 7. The Labute approximate surface area is 158 Å². The van der Waals surface area contributed by atoms with Gasteiger partial charge in [0.2, 0.25) is 5.91 Å². The zero-order valence-electron chi connectivity index (χ0n) is 16.1. The fourth-order valence-electron chi connectivity index (χ4n) is 2.53. The van der Waals surface area contributed by atoms with E-state index in [0.29, 0.717) is 12.8 Å². The van der Waals surface area contributed by atoms with E-state index in [4.69, 9.17) is 0 Å². The van der Waals surface area contributed by atoms with Crippen LogP contribution in [0.5, 0.6) is 0 Å². The van der Waals surface area contributed by atoms with Crippen LogP contribution in [-0.2, 0) is 4.79 Å². The average Bonchev–Trinajstić information content (AvgIpc) is 2.55. The molecule has 1 aromatic carbocycles. The van der Waals surface area contributed by atoms with Crippen LogP contribution in [0.4, 0.5) is 17.1 Å². The van der Waals surface area contributed by atoms with E-state index in [0.717, 1.165) is 13.0 Å². The molecule has 150 valence electrons. The van der Waals surface area contributed by atoms with Gasteiger partial charge in [0.1, 0.15) is 6.04 Å². The van der Waals surface area contributed by atoms with E-state index in [1.165, 1.54) is 18.2 Å². The first-order valence-electron chi connectivity index (χ1n) is 8.71. The average molecular weight is 381 g/mol. The zero-order valence-corrected chi connectivity index (χ0v) is 16.1. The van der Waals surface area contributed by atoms with E-state index in [1.54, 1.807) is 0 Å². The lowest BCUT2D eigenvalue weighted by molar-refractivity contribution is -0.392. The summed E-state index contributed by atoms with van der Waals surface area (Å²) in [5.41, 5.74) is -1.63. The summed E-state index contributed by atoms with van der Waals surface area (Å²) in [5, 5.41) is 31.2. The van der Waals surface area contributed by atoms with Crippen molar-refractivity contribution in [3.63, 3.8) is 0 Å². The highest BCUT2D eigenvalue weighted by atomic mass is 16.6. The highest BCUT2D eigenvalue weighted by molar-refractivity contribution is 5.87. The number of carbonyl (C=O) groups excluding carboxylic acids is 1. The van der Waals surface area contributed by atoms with E-state index in [9.17, 15) is 25.0 Å². The number of nitrogens with one attached hydrogen (secondary N) is 3. The van der Waals surface area contributed by atoms with E-state index in [-0.39, 0.29) is 11.6 Å². The van der Waals surface area contributed by atoms with Crippen LogP contribution in [0.1, 0.15) is 40.0 Å². The van der Waals surface area contributed by atoms with Gasteiger partial charge in [-0.1, -0.05) is 0 Å². The molecule has 0 unspecified atom stereocenters. The molecule has 0 aromatic heterocycles. The Kier molecular flexibility index (Phi) is 8.10. The van der Waals surface area contributed by atoms with Gasteiger partial charge in [-0.2, -0.15) is 0 Å². The van der Waals surface area contributed by atoms with Gasteiger partial charge in [0.15, 0.2) is 5.69 Å². The van der Waals surface area contributed by atoms with Crippen LogP contribution in [0.2, 0.25) is 0 Å². The van der Waals surface area contributed by atoms with Crippen LogP contribution in [-0.4, -0.2) is 40.9 Å². The van der Waals surface area contributed by atoms with Crippen molar-refractivity contribution in [2.45, 2.75) is 51.6 Å². The second-order valence-corrected chi connectivity index (χ2v) is 7.22. The predicted octanol–water partition coefficient (Wildman–Crippen LogP) is 2.59. The van der Waals surface area contributed by atoms with Gasteiger partial charge < -0.3 is 16.0 Å². The van der Waals surface area contributed by atoms with E-state index >= 15 is 0 Å². The molecule has 1 amide bonds. The highest BCUT2D eigenvalue weighted by Gasteiger charge is 2.30. The third kappa shape index (κ3) is 7.18. The number of benzene rings is 1. The van der Waals surface area contributed by atoms with Crippen molar-refractivity contribution in [2.75, 3.05) is 18.9 Å². The number of rotatable bonds is 10. The van der Waals surface area contributed by atoms with E-state index in [1.807, 2.05) is 27.8 Å². The Morgan fingerprint density at radius 3 is 2.11 bits per heavy atom. The van der Waals surface area contributed by atoms with Crippen LogP contribution in [0.15, 0.2) is 18.2 Å². The summed E-state index contributed by atoms with van der Waals surface area (Å²) in [6, 6.07) is 2.77. The molecule has 0 saturated carbocycles. The first kappa shape index (κ1) is 22.3. The molecule has 0 bridgehead atoms. The van der Waals surface area contributed by atoms with Crippen LogP contribution in [0.3, 0.4) is 0 Å². The molecule has 0 fully saturated rings. The lowest BCUT2D eigenvalue weighted by Crippen LogP contribution is -2.48. The smallest absolute Gasteiger partial charge is 0.299 e. The molecule has 0 spiro atoms. The number of para-hydroxylation sites is 1.